The topological polar surface area (TPSA) is 49.5 Å². The Morgan fingerprint density at radius 2 is 1.86 bits per heavy atom. The molecule has 0 amide bonds. The van der Waals surface area contributed by atoms with Gasteiger partial charge in [-0.2, -0.15) is 0 Å². The van der Waals surface area contributed by atoms with Gasteiger partial charge in [-0.05, 0) is 33.3 Å². The minimum absolute atomic E-state index is 0.0419. The predicted molar refractivity (Wildman–Crippen MR) is 57.4 cm³/mol. The van der Waals surface area contributed by atoms with Crippen molar-refractivity contribution in [3.05, 3.63) is 32.7 Å². The number of H-pyrrole nitrogens is 1. The molecule has 1 aromatic heterocycles. The summed E-state index contributed by atoms with van der Waals surface area (Å²) in [6.45, 7) is 10.0. The second-order valence-electron chi connectivity index (χ2n) is 3.71. The van der Waals surface area contributed by atoms with Crippen LogP contribution in [0.2, 0.25) is 0 Å². The van der Waals surface area contributed by atoms with Crippen LogP contribution in [0, 0.1) is 20.8 Å². The molecule has 0 aromatic carbocycles. The van der Waals surface area contributed by atoms with Gasteiger partial charge in [-0.15, -0.1) is 0 Å². The van der Waals surface area contributed by atoms with E-state index in [2.05, 4.69) is 17.2 Å². The lowest BCUT2D eigenvalue weighted by Crippen LogP contribution is -2.82. The molecule has 1 aromatic rings. The third-order valence-electron chi connectivity index (χ3n) is 2.75. The molecule has 0 aliphatic heterocycles. The number of aromatic nitrogens is 1. The second-order valence-corrected chi connectivity index (χ2v) is 3.71. The molecule has 3 nitrogen and oxygen atoms in total. The molecule has 0 spiro atoms. The van der Waals surface area contributed by atoms with E-state index in [0.717, 1.165) is 29.9 Å². The lowest BCUT2D eigenvalue weighted by molar-refractivity contribution is -0.667. The van der Waals surface area contributed by atoms with E-state index in [1.54, 1.807) is 0 Å². The van der Waals surface area contributed by atoms with Gasteiger partial charge in [-0.25, -0.2) is 0 Å². The Balaban J connectivity index is 3.15. The quantitative estimate of drug-likeness (QED) is 0.720. The minimum atomic E-state index is 0.0419. The Morgan fingerprint density at radius 3 is 2.43 bits per heavy atom. The number of hydrogen-bond acceptors (Lipinski definition) is 1. The van der Waals surface area contributed by atoms with Crippen LogP contribution in [-0.4, -0.2) is 11.5 Å². The summed E-state index contributed by atoms with van der Waals surface area (Å²) < 4.78 is 0. The van der Waals surface area contributed by atoms with Gasteiger partial charge in [-0.3, -0.25) is 4.79 Å². The van der Waals surface area contributed by atoms with E-state index in [0.29, 0.717) is 0 Å². The van der Waals surface area contributed by atoms with Crippen LogP contribution in [0.15, 0.2) is 4.79 Å². The number of rotatable bonds is 3. The predicted octanol–water partition coefficient (Wildman–Crippen LogP) is 0.383. The first-order chi connectivity index (χ1) is 6.57. The van der Waals surface area contributed by atoms with Crippen LogP contribution in [0.4, 0.5) is 0 Å². The van der Waals surface area contributed by atoms with Crippen LogP contribution in [0.1, 0.15) is 29.3 Å². The van der Waals surface area contributed by atoms with Crippen molar-refractivity contribution in [2.24, 2.45) is 0 Å². The van der Waals surface area contributed by atoms with Gasteiger partial charge in [0.05, 0.1) is 6.54 Å². The molecular weight excluding hydrogens is 176 g/mol. The maximum atomic E-state index is 11.4. The van der Waals surface area contributed by atoms with Gasteiger partial charge in [-0.1, -0.05) is 0 Å². The molecule has 0 fully saturated rings. The van der Waals surface area contributed by atoms with Crippen molar-refractivity contribution in [3.63, 3.8) is 0 Å². The summed E-state index contributed by atoms with van der Waals surface area (Å²) in [5, 5.41) is 2.23. The van der Waals surface area contributed by atoms with E-state index < -0.39 is 0 Å². The number of aromatic amines is 1. The molecule has 0 atom stereocenters. The highest BCUT2D eigenvalue weighted by molar-refractivity contribution is 5.33. The third-order valence-corrected chi connectivity index (χ3v) is 2.75. The highest BCUT2D eigenvalue weighted by Gasteiger charge is 2.09. The zero-order valence-corrected chi connectivity index (χ0v) is 9.40. The summed E-state index contributed by atoms with van der Waals surface area (Å²) in [6, 6.07) is 0. The van der Waals surface area contributed by atoms with Gasteiger partial charge in [0.15, 0.2) is 0 Å². The third kappa shape index (κ3) is 2.04. The van der Waals surface area contributed by atoms with E-state index in [1.807, 2.05) is 20.8 Å². The molecule has 0 saturated heterocycles. The van der Waals surface area contributed by atoms with Crippen LogP contribution in [0.5, 0.6) is 0 Å². The summed E-state index contributed by atoms with van der Waals surface area (Å²) in [4.78, 5) is 14.3. The van der Waals surface area contributed by atoms with Crippen LogP contribution in [0.3, 0.4) is 0 Å². The average molecular weight is 195 g/mol. The maximum absolute atomic E-state index is 11.4. The van der Waals surface area contributed by atoms with E-state index in [9.17, 15) is 4.79 Å². The lowest BCUT2D eigenvalue weighted by atomic mass is 10.0. The number of pyridine rings is 1. The number of hydrogen-bond donors (Lipinski definition) is 2. The lowest BCUT2D eigenvalue weighted by Gasteiger charge is -2.09. The summed E-state index contributed by atoms with van der Waals surface area (Å²) in [6.07, 6.45) is 0. The van der Waals surface area contributed by atoms with Gasteiger partial charge in [0.1, 0.15) is 6.54 Å². The van der Waals surface area contributed by atoms with Gasteiger partial charge in [0.25, 0.3) is 5.56 Å². The smallest absolute Gasteiger partial charge is 0.251 e. The Hall–Kier alpha value is -1.09. The van der Waals surface area contributed by atoms with E-state index >= 15 is 0 Å². The fourth-order valence-electron chi connectivity index (χ4n) is 1.61. The molecule has 0 bridgehead atoms. The molecule has 1 rings (SSSR count). The van der Waals surface area contributed by atoms with E-state index in [4.69, 9.17) is 0 Å². The van der Waals surface area contributed by atoms with Crippen molar-refractivity contribution >= 4 is 0 Å². The first-order valence-electron chi connectivity index (χ1n) is 5.08. The summed E-state index contributed by atoms with van der Waals surface area (Å²) >= 11 is 0. The first-order valence-corrected chi connectivity index (χ1v) is 5.08. The van der Waals surface area contributed by atoms with Gasteiger partial charge in [0, 0.05) is 16.8 Å². The average Bonchev–Trinajstić information content (AvgIpc) is 2.14. The summed E-state index contributed by atoms with van der Waals surface area (Å²) in [5.74, 6) is 0. The number of nitrogens with one attached hydrogen (secondary N) is 1. The largest absolute Gasteiger partial charge is 0.343 e. The Bertz CT molecular complexity index is 380. The normalized spacial score (nSPS) is 10.6. The van der Waals surface area contributed by atoms with Crippen LogP contribution >= 0.6 is 0 Å². The molecule has 0 aliphatic rings. The maximum Gasteiger partial charge on any atom is 0.251 e. The molecule has 3 heteroatoms. The SMILES string of the molecule is CC[NH2+]Cc1c(C)[nH]c(=O)c(C)c1C. The highest BCUT2D eigenvalue weighted by Crippen LogP contribution is 2.10. The number of nitrogens with two attached hydrogens (primary N) is 1. The molecule has 1 heterocycles. The molecule has 3 N–H and O–H groups in total. The second kappa shape index (κ2) is 4.42. The summed E-state index contributed by atoms with van der Waals surface area (Å²) in [5.41, 5.74) is 4.29. The van der Waals surface area contributed by atoms with Crippen molar-refractivity contribution in [1.29, 1.82) is 0 Å². The fourth-order valence-corrected chi connectivity index (χ4v) is 1.61. The van der Waals surface area contributed by atoms with E-state index in [1.165, 1.54) is 5.56 Å². The van der Waals surface area contributed by atoms with E-state index in [-0.39, 0.29) is 5.56 Å². The minimum Gasteiger partial charge on any atom is -0.343 e. The number of quaternary nitrogens is 1. The van der Waals surface area contributed by atoms with Crippen LogP contribution in [0.25, 0.3) is 0 Å². The van der Waals surface area contributed by atoms with Gasteiger partial charge < -0.3 is 10.3 Å². The molecule has 0 radical (unpaired) electrons. The molecule has 78 valence electrons. The molecule has 0 saturated carbocycles. The van der Waals surface area contributed by atoms with Gasteiger partial charge in [0.2, 0.25) is 0 Å². The zero-order valence-electron chi connectivity index (χ0n) is 9.40. The van der Waals surface area contributed by atoms with Crippen LogP contribution < -0.4 is 10.9 Å². The van der Waals surface area contributed by atoms with Crippen LogP contribution in [-0.2, 0) is 6.54 Å². The number of aryl methyl sites for hydroxylation is 1. The fraction of sp³-hybridized carbons (Fsp3) is 0.545. The first kappa shape index (κ1) is 11.0. The zero-order chi connectivity index (χ0) is 10.7. The standard InChI is InChI=1S/C11H18N2O/c1-5-12-6-10-7(2)8(3)11(14)13-9(10)4/h12H,5-6H2,1-4H3,(H,13,14)/p+1. The monoisotopic (exact) mass is 195 g/mol. The van der Waals surface area contributed by atoms with Crippen molar-refractivity contribution in [3.8, 4) is 0 Å². The molecule has 14 heavy (non-hydrogen) atoms. The van der Waals surface area contributed by atoms with Crippen molar-refractivity contribution < 1.29 is 5.32 Å². The van der Waals surface area contributed by atoms with Crippen molar-refractivity contribution in [2.45, 2.75) is 34.2 Å². The molecule has 0 unspecified atom stereocenters. The molecular formula is C11H19N2O+. The Morgan fingerprint density at radius 1 is 1.21 bits per heavy atom. The van der Waals surface area contributed by atoms with Crippen molar-refractivity contribution in [2.75, 3.05) is 6.54 Å². The van der Waals surface area contributed by atoms with Crippen molar-refractivity contribution in [1.82, 2.24) is 4.98 Å². The Labute approximate surface area is 84.6 Å². The highest BCUT2D eigenvalue weighted by atomic mass is 16.1. The molecule has 0 aliphatic carbocycles. The van der Waals surface area contributed by atoms with Gasteiger partial charge >= 0.3 is 0 Å². The Kier molecular flexibility index (Phi) is 3.47. The summed E-state index contributed by atoms with van der Waals surface area (Å²) in [7, 11) is 0.